The van der Waals surface area contributed by atoms with Gasteiger partial charge in [-0.15, -0.1) is 0 Å². The van der Waals surface area contributed by atoms with Gasteiger partial charge in [0, 0.05) is 18.8 Å². The average Bonchev–Trinajstić information content (AvgIpc) is 2.23. The fourth-order valence-electron chi connectivity index (χ4n) is 1.72. The molecule has 1 aromatic heterocycles. The van der Waals surface area contributed by atoms with Gasteiger partial charge in [-0.05, 0) is 13.0 Å². The Hall–Kier alpha value is -1.23. The van der Waals surface area contributed by atoms with Crippen LogP contribution < -0.4 is 4.90 Å². The molecule has 0 unspecified atom stereocenters. The van der Waals surface area contributed by atoms with Gasteiger partial charge < -0.3 is 9.64 Å². The maximum atomic E-state index is 13.4. The first-order valence-electron chi connectivity index (χ1n) is 4.84. The number of anilines is 1. The van der Waals surface area contributed by atoms with Crippen LogP contribution in [0.4, 0.5) is 14.5 Å². The molecular formula is C10H12F2N2O. The first-order chi connectivity index (χ1) is 7.20. The Morgan fingerprint density at radius 3 is 3.07 bits per heavy atom. The molecule has 1 fully saturated rings. The molecule has 15 heavy (non-hydrogen) atoms. The van der Waals surface area contributed by atoms with Crippen molar-refractivity contribution in [3.8, 4) is 0 Å². The van der Waals surface area contributed by atoms with E-state index >= 15 is 0 Å². The molecule has 1 aliphatic heterocycles. The van der Waals surface area contributed by atoms with Crippen LogP contribution >= 0.6 is 0 Å². The lowest BCUT2D eigenvalue weighted by molar-refractivity contribution is 0.0985. The van der Waals surface area contributed by atoms with Crippen molar-refractivity contribution in [1.29, 1.82) is 0 Å². The van der Waals surface area contributed by atoms with Crippen molar-refractivity contribution in [2.24, 2.45) is 0 Å². The monoisotopic (exact) mass is 214 g/mol. The Morgan fingerprint density at radius 1 is 1.53 bits per heavy atom. The molecule has 82 valence electrons. The second-order valence-electron chi connectivity index (χ2n) is 3.55. The Balaban J connectivity index is 2.31. The largest absolute Gasteiger partial charge is 0.377 e. The molecule has 0 saturated carbocycles. The third-order valence-corrected chi connectivity index (χ3v) is 2.50. The van der Waals surface area contributed by atoms with Crippen molar-refractivity contribution in [2.45, 2.75) is 13.0 Å². The van der Waals surface area contributed by atoms with Crippen LogP contribution in [-0.2, 0) is 4.74 Å². The van der Waals surface area contributed by atoms with Crippen LogP contribution in [0.25, 0.3) is 0 Å². The number of hydrogen-bond donors (Lipinski definition) is 0. The van der Waals surface area contributed by atoms with Crippen LogP contribution in [0, 0.1) is 11.8 Å². The molecule has 5 heteroatoms. The highest BCUT2D eigenvalue weighted by Crippen LogP contribution is 2.23. The second kappa shape index (κ2) is 4.10. The fourth-order valence-corrected chi connectivity index (χ4v) is 1.72. The summed E-state index contributed by atoms with van der Waals surface area (Å²) in [5, 5.41) is 0. The molecule has 3 nitrogen and oxygen atoms in total. The normalized spacial score (nSPS) is 21.8. The molecule has 1 aliphatic rings. The SMILES string of the molecule is C[C@@H]1COCCN1c1ccnc(F)c1F. The third-order valence-electron chi connectivity index (χ3n) is 2.50. The summed E-state index contributed by atoms with van der Waals surface area (Å²) < 4.78 is 31.6. The minimum Gasteiger partial charge on any atom is -0.377 e. The van der Waals surface area contributed by atoms with E-state index in [1.54, 1.807) is 4.90 Å². The molecule has 0 spiro atoms. The fraction of sp³-hybridized carbons (Fsp3) is 0.500. The van der Waals surface area contributed by atoms with E-state index in [4.69, 9.17) is 4.74 Å². The maximum Gasteiger partial charge on any atom is 0.251 e. The van der Waals surface area contributed by atoms with Gasteiger partial charge in [0.15, 0.2) is 0 Å². The summed E-state index contributed by atoms with van der Waals surface area (Å²) in [6, 6.07) is 1.54. The van der Waals surface area contributed by atoms with Gasteiger partial charge in [-0.3, -0.25) is 0 Å². The van der Waals surface area contributed by atoms with Gasteiger partial charge in [-0.1, -0.05) is 0 Å². The van der Waals surface area contributed by atoms with E-state index in [0.29, 0.717) is 19.8 Å². The van der Waals surface area contributed by atoms with E-state index in [1.807, 2.05) is 6.92 Å². The molecular weight excluding hydrogens is 202 g/mol. The van der Waals surface area contributed by atoms with E-state index < -0.39 is 11.8 Å². The molecule has 0 amide bonds. The number of aromatic nitrogens is 1. The summed E-state index contributed by atoms with van der Waals surface area (Å²) >= 11 is 0. The minimum absolute atomic E-state index is 0.0510. The van der Waals surface area contributed by atoms with Crippen molar-refractivity contribution in [3.05, 3.63) is 24.0 Å². The summed E-state index contributed by atoms with van der Waals surface area (Å²) in [6.45, 7) is 3.55. The van der Waals surface area contributed by atoms with Crippen molar-refractivity contribution in [1.82, 2.24) is 4.98 Å². The van der Waals surface area contributed by atoms with Gasteiger partial charge in [-0.2, -0.15) is 8.78 Å². The van der Waals surface area contributed by atoms with E-state index in [2.05, 4.69) is 4.98 Å². The third kappa shape index (κ3) is 1.92. The number of nitrogens with zero attached hydrogens (tertiary/aromatic N) is 2. The number of halogens is 2. The predicted octanol–water partition coefficient (Wildman–Crippen LogP) is 1.58. The molecule has 0 radical (unpaired) electrons. The maximum absolute atomic E-state index is 13.4. The van der Waals surface area contributed by atoms with Gasteiger partial charge in [0.1, 0.15) is 0 Å². The van der Waals surface area contributed by atoms with Crippen molar-refractivity contribution >= 4 is 5.69 Å². The minimum atomic E-state index is -1.05. The lowest BCUT2D eigenvalue weighted by Gasteiger charge is -2.35. The highest BCUT2D eigenvalue weighted by atomic mass is 19.2. The van der Waals surface area contributed by atoms with E-state index in [1.165, 1.54) is 12.3 Å². The summed E-state index contributed by atoms with van der Waals surface area (Å²) in [4.78, 5) is 5.05. The van der Waals surface area contributed by atoms with Crippen LogP contribution in [0.5, 0.6) is 0 Å². The zero-order valence-corrected chi connectivity index (χ0v) is 8.41. The average molecular weight is 214 g/mol. The first-order valence-corrected chi connectivity index (χ1v) is 4.84. The summed E-state index contributed by atoms with van der Waals surface area (Å²) in [5.41, 5.74) is 0.262. The van der Waals surface area contributed by atoms with Gasteiger partial charge in [0.05, 0.1) is 18.9 Å². The molecule has 0 N–H and O–H groups in total. The quantitative estimate of drug-likeness (QED) is 0.664. The van der Waals surface area contributed by atoms with Crippen LogP contribution in [0.1, 0.15) is 6.92 Å². The second-order valence-corrected chi connectivity index (χ2v) is 3.55. The highest BCUT2D eigenvalue weighted by molar-refractivity contribution is 5.47. The molecule has 1 saturated heterocycles. The van der Waals surface area contributed by atoms with E-state index in [-0.39, 0.29) is 11.7 Å². The van der Waals surface area contributed by atoms with Crippen LogP contribution in [0.3, 0.4) is 0 Å². The van der Waals surface area contributed by atoms with Gasteiger partial charge in [-0.25, -0.2) is 4.98 Å². The van der Waals surface area contributed by atoms with Crippen molar-refractivity contribution in [3.63, 3.8) is 0 Å². The van der Waals surface area contributed by atoms with Gasteiger partial charge in [0.2, 0.25) is 5.82 Å². The van der Waals surface area contributed by atoms with E-state index in [9.17, 15) is 8.78 Å². The lowest BCUT2D eigenvalue weighted by Crippen LogP contribution is -2.44. The Kier molecular flexibility index (Phi) is 2.81. The smallest absolute Gasteiger partial charge is 0.251 e. The summed E-state index contributed by atoms with van der Waals surface area (Å²) in [6.07, 6.45) is 1.27. The molecule has 0 aliphatic carbocycles. The number of ether oxygens (including phenoxy) is 1. The Bertz CT molecular complexity index is 359. The summed E-state index contributed by atoms with van der Waals surface area (Å²) in [5.74, 6) is -1.93. The van der Waals surface area contributed by atoms with Gasteiger partial charge in [0.25, 0.3) is 5.95 Å². The van der Waals surface area contributed by atoms with Gasteiger partial charge >= 0.3 is 0 Å². The molecule has 2 heterocycles. The molecule has 2 rings (SSSR count). The number of pyridine rings is 1. The standard InChI is InChI=1S/C10H12F2N2O/c1-7-6-15-5-4-14(7)8-2-3-13-10(12)9(8)11/h2-3,7H,4-6H2,1H3/t7-/m1/s1. The Labute approximate surface area is 86.7 Å². The topological polar surface area (TPSA) is 25.4 Å². The first kappa shape index (κ1) is 10.3. The molecule has 0 aromatic carbocycles. The number of rotatable bonds is 1. The molecule has 1 atom stereocenters. The summed E-state index contributed by atoms with van der Waals surface area (Å²) in [7, 11) is 0. The zero-order valence-electron chi connectivity index (χ0n) is 8.41. The van der Waals surface area contributed by atoms with Crippen molar-refractivity contribution < 1.29 is 13.5 Å². The molecule has 0 bridgehead atoms. The Morgan fingerprint density at radius 2 is 2.33 bits per heavy atom. The van der Waals surface area contributed by atoms with Crippen molar-refractivity contribution in [2.75, 3.05) is 24.7 Å². The van der Waals surface area contributed by atoms with Crippen LogP contribution in [0.2, 0.25) is 0 Å². The number of morpholine rings is 1. The zero-order chi connectivity index (χ0) is 10.8. The highest BCUT2D eigenvalue weighted by Gasteiger charge is 2.23. The number of hydrogen-bond acceptors (Lipinski definition) is 3. The van der Waals surface area contributed by atoms with Crippen LogP contribution in [0.15, 0.2) is 12.3 Å². The predicted molar refractivity (Wildman–Crippen MR) is 51.8 cm³/mol. The lowest BCUT2D eigenvalue weighted by atomic mass is 10.2. The van der Waals surface area contributed by atoms with Crippen LogP contribution in [-0.4, -0.2) is 30.8 Å². The van der Waals surface area contributed by atoms with E-state index in [0.717, 1.165) is 0 Å². The molecule has 1 aromatic rings.